The van der Waals surface area contributed by atoms with Gasteiger partial charge in [0.25, 0.3) is 5.69 Å². The lowest BCUT2D eigenvalue weighted by molar-refractivity contribution is -0.385. The van der Waals surface area contributed by atoms with Crippen molar-refractivity contribution in [3.63, 3.8) is 0 Å². The molecule has 1 heterocycles. The number of hydrogen-bond acceptors (Lipinski definition) is 7. The van der Waals surface area contributed by atoms with Gasteiger partial charge < -0.3 is 4.42 Å². The molecule has 0 spiro atoms. The van der Waals surface area contributed by atoms with Crippen LogP contribution in [-0.2, 0) is 10.0 Å². The van der Waals surface area contributed by atoms with E-state index in [4.69, 9.17) is 4.42 Å². The quantitative estimate of drug-likeness (QED) is 0.518. The van der Waals surface area contributed by atoms with Crippen LogP contribution in [0.15, 0.2) is 63.9 Å². The van der Waals surface area contributed by atoms with E-state index in [0.29, 0.717) is 5.56 Å². The maximum atomic E-state index is 12.7. The van der Waals surface area contributed by atoms with Crippen LogP contribution >= 0.6 is 0 Å². The van der Waals surface area contributed by atoms with Gasteiger partial charge in [-0.3, -0.25) is 10.1 Å². The Morgan fingerprint density at radius 1 is 1.12 bits per heavy atom. The first kappa shape index (κ1) is 17.7. The van der Waals surface area contributed by atoms with Gasteiger partial charge in [0.15, 0.2) is 0 Å². The summed E-state index contributed by atoms with van der Waals surface area (Å²) in [6, 6.07) is 12.5. The Morgan fingerprint density at radius 2 is 1.85 bits per heavy atom. The fraction of sp³-hybridized carbons (Fsp3) is 0.125. The third kappa shape index (κ3) is 3.76. The lowest BCUT2D eigenvalue weighted by Crippen LogP contribution is -2.29. The molecule has 0 bridgehead atoms. The molecule has 0 aliphatic carbocycles. The van der Waals surface area contributed by atoms with Crippen LogP contribution in [-0.4, -0.2) is 23.5 Å². The molecule has 0 aliphatic heterocycles. The average molecular weight is 374 g/mol. The molecule has 0 saturated heterocycles. The topological polar surface area (TPSA) is 128 Å². The van der Waals surface area contributed by atoms with E-state index in [9.17, 15) is 18.5 Å². The molecular weight excluding hydrogens is 360 g/mol. The van der Waals surface area contributed by atoms with Gasteiger partial charge in [-0.25, -0.2) is 8.42 Å². The Morgan fingerprint density at radius 3 is 2.46 bits per heavy atom. The highest BCUT2D eigenvalue weighted by Gasteiger charge is 2.27. The minimum absolute atomic E-state index is 0.0719. The molecule has 26 heavy (non-hydrogen) atoms. The van der Waals surface area contributed by atoms with Crippen LogP contribution < -0.4 is 4.72 Å². The number of nitrogens with one attached hydrogen (secondary N) is 1. The molecule has 0 fully saturated rings. The summed E-state index contributed by atoms with van der Waals surface area (Å²) in [6.45, 7) is 1.59. The van der Waals surface area contributed by atoms with Gasteiger partial charge in [0, 0.05) is 19.1 Å². The number of aryl methyl sites for hydroxylation is 1. The molecule has 1 N–H and O–H groups in total. The van der Waals surface area contributed by atoms with Gasteiger partial charge in [-0.2, -0.15) is 4.72 Å². The summed E-state index contributed by atoms with van der Waals surface area (Å²) in [7, 11) is -4.08. The zero-order valence-electron chi connectivity index (χ0n) is 13.6. The molecule has 1 atom stereocenters. The molecular formula is C16H14N4O5S. The number of sulfonamides is 1. The average Bonchev–Trinajstić information content (AvgIpc) is 3.07. The van der Waals surface area contributed by atoms with Crippen LogP contribution in [0.2, 0.25) is 0 Å². The lowest BCUT2D eigenvalue weighted by atomic mass is 10.1. The van der Waals surface area contributed by atoms with Crippen molar-refractivity contribution in [3.8, 4) is 0 Å². The van der Waals surface area contributed by atoms with E-state index >= 15 is 0 Å². The Hall–Kier alpha value is -3.11. The molecule has 0 radical (unpaired) electrons. The number of nitro benzene ring substituents is 1. The third-order valence-corrected chi connectivity index (χ3v) is 4.95. The fourth-order valence-corrected chi connectivity index (χ4v) is 3.54. The molecule has 2 aromatic carbocycles. The largest absolute Gasteiger partial charge is 0.423 e. The Bertz CT molecular complexity index is 1030. The SMILES string of the molecule is Cc1nnc(C(NS(=O)(=O)c2cccc([N+](=O)[O-])c2)c2ccccc2)o1. The van der Waals surface area contributed by atoms with E-state index in [0.717, 1.165) is 6.07 Å². The van der Waals surface area contributed by atoms with Crippen LogP contribution in [0.1, 0.15) is 23.4 Å². The van der Waals surface area contributed by atoms with E-state index in [-0.39, 0.29) is 22.4 Å². The van der Waals surface area contributed by atoms with Crippen LogP contribution in [0.3, 0.4) is 0 Å². The van der Waals surface area contributed by atoms with Crippen molar-refractivity contribution in [1.29, 1.82) is 0 Å². The normalized spacial score (nSPS) is 12.7. The van der Waals surface area contributed by atoms with Crippen LogP contribution in [0, 0.1) is 17.0 Å². The predicted molar refractivity (Wildman–Crippen MR) is 90.7 cm³/mol. The van der Waals surface area contributed by atoms with E-state index < -0.39 is 21.0 Å². The monoisotopic (exact) mass is 374 g/mol. The van der Waals surface area contributed by atoms with Crippen molar-refractivity contribution < 1.29 is 17.8 Å². The van der Waals surface area contributed by atoms with Crippen molar-refractivity contribution in [2.75, 3.05) is 0 Å². The minimum Gasteiger partial charge on any atom is -0.423 e. The molecule has 0 amide bonds. The summed E-state index contributed by atoms with van der Waals surface area (Å²) in [6.07, 6.45) is 0. The molecule has 3 rings (SSSR count). The number of aromatic nitrogens is 2. The molecule has 1 unspecified atom stereocenters. The van der Waals surface area contributed by atoms with Gasteiger partial charge in [-0.05, 0) is 11.6 Å². The highest BCUT2D eigenvalue weighted by atomic mass is 32.2. The van der Waals surface area contributed by atoms with Crippen molar-refractivity contribution >= 4 is 15.7 Å². The number of rotatable bonds is 6. The fourth-order valence-electron chi connectivity index (χ4n) is 2.32. The zero-order chi connectivity index (χ0) is 18.7. The highest BCUT2D eigenvalue weighted by Crippen LogP contribution is 2.25. The van der Waals surface area contributed by atoms with Gasteiger partial charge in [0.05, 0.1) is 9.82 Å². The first-order valence-electron chi connectivity index (χ1n) is 7.48. The van der Waals surface area contributed by atoms with Crippen molar-refractivity contribution in [2.24, 2.45) is 0 Å². The van der Waals surface area contributed by atoms with Crippen LogP contribution in [0.25, 0.3) is 0 Å². The molecule has 1 aromatic heterocycles. The summed E-state index contributed by atoms with van der Waals surface area (Å²) in [5.41, 5.74) is 0.267. The molecule has 134 valence electrons. The molecule has 3 aromatic rings. The third-order valence-electron chi connectivity index (χ3n) is 3.53. The smallest absolute Gasteiger partial charge is 0.270 e. The number of benzene rings is 2. The highest BCUT2D eigenvalue weighted by molar-refractivity contribution is 7.89. The summed E-state index contributed by atoms with van der Waals surface area (Å²) in [5, 5.41) is 18.5. The van der Waals surface area contributed by atoms with Crippen molar-refractivity contribution in [3.05, 3.63) is 82.1 Å². The molecule has 0 saturated carbocycles. The first-order valence-corrected chi connectivity index (χ1v) is 8.97. The number of nitrogens with zero attached hydrogens (tertiary/aromatic N) is 3. The molecule has 9 nitrogen and oxygen atoms in total. The number of nitro groups is 1. The van der Waals surface area contributed by atoms with Gasteiger partial charge in [0.1, 0.15) is 6.04 Å². The Labute approximate surface area is 148 Å². The first-order chi connectivity index (χ1) is 12.4. The zero-order valence-corrected chi connectivity index (χ0v) is 14.4. The number of hydrogen-bond donors (Lipinski definition) is 1. The number of non-ortho nitro benzene ring substituents is 1. The predicted octanol–water partition coefficient (Wildman–Crippen LogP) is 2.35. The van der Waals surface area contributed by atoms with Gasteiger partial charge >= 0.3 is 0 Å². The van der Waals surface area contributed by atoms with Crippen LogP contribution in [0.4, 0.5) is 5.69 Å². The second kappa shape index (κ2) is 7.02. The summed E-state index contributed by atoms with van der Waals surface area (Å²) < 4.78 is 33.4. The van der Waals surface area contributed by atoms with Crippen molar-refractivity contribution in [2.45, 2.75) is 17.9 Å². The Kier molecular flexibility index (Phi) is 4.78. The minimum atomic E-state index is -4.08. The maximum absolute atomic E-state index is 12.7. The van der Waals surface area contributed by atoms with Gasteiger partial charge in [0.2, 0.25) is 21.8 Å². The Balaban J connectivity index is 2.01. The summed E-state index contributed by atoms with van der Waals surface area (Å²) >= 11 is 0. The van der Waals surface area contributed by atoms with Gasteiger partial charge in [-0.15, -0.1) is 10.2 Å². The van der Waals surface area contributed by atoms with Gasteiger partial charge in [-0.1, -0.05) is 36.4 Å². The van der Waals surface area contributed by atoms with E-state index in [1.807, 2.05) is 0 Å². The van der Waals surface area contributed by atoms with Crippen molar-refractivity contribution in [1.82, 2.24) is 14.9 Å². The molecule has 10 heteroatoms. The second-order valence-corrected chi connectivity index (χ2v) is 7.09. The van der Waals surface area contributed by atoms with E-state index in [1.165, 1.54) is 18.2 Å². The maximum Gasteiger partial charge on any atom is 0.270 e. The van der Waals surface area contributed by atoms with E-state index in [1.54, 1.807) is 37.3 Å². The second-order valence-electron chi connectivity index (χ2n) is 5.38. The van der Waals surface area contributed by atoms with Crippen LogP contribution in [0.5, 0.6) is 0 Å². The molecule has 0 aliphatic rings. The lowest BCUT2D eigenvalue weighted by Gasteiger charge is -2.16. The summed E-state index contributed by atoms with van der Waals surface area (Å²) in [4.78, 5) is 10.0. The summed E-state index contributed by atoms with van der Waals surface area (Å²) in [5.74, 6) is 0.359. The standard InChI is InChI=1S/C16H14N4O5S/c1-11-17-18-16(25-11)15(12-6-3-2-4-7-12)19-26(23,24)14-9-5-8-13(10-14)20(21)22/h2-10,15,19H,1H3. The van der Waals surface area contributed by atoms with E-state index in [2.05, 4.69) is 14.9 Å².